The third kappa shape index (κ3) is 79.0. The molecule has 0 bridgehead atoms. The van der Waals surface area contributed by atoms with Gasteiger partial charge in [0.25, 0.3) is 0 Å². The van der Waals surface area contributed by atoms with Gasteiger partial charge < -0.3 is 33.8 Å². The Bertz CT molecular complexity index is 2610. The van der Waals surface area contributed by atoms with Gasteiger partial charge in [-0.15, -0.1) is 0 Å². The van der Waals surface area contributed by atoms with Gasteiger partial charge in [0, 0.05) is 25.7 Å². The molecule has 5 unspecified atom stereocenters. The molecular formula is C89H150O17P2. The fourth-order valence-corrected chi connectivity index (χ4v) is 12.5. The Hall–Kier alpha value is -5.06. The van der Waals surface area contributed by atoms with Crippen molar-refractivity contribution in [3.05, 3.63) is 146 Å². The highest BCUT2D eigenvalue weighted by molar-refractivity contribution is 7.47. The lowest BCUT2D eigenvalue weighted by atomic mass is 10.0. The van der Waals surface area contributed by atoms with Crippen LogP contribution in [-0.4, -0.2) is 96.7 Å². The average Bonchev–Trinajstić information content (AvgIpc) is 0.905. The average molecular weight is 1550 g/mol. The number of aliphatic hydroxyl groups is 1. The van der Waals surface area contributed by atoms with Crippen LogP contribution in [0.25, 0.3) is 0 Å². The molecule has 0 spiro atoms. The number of allylic oxidation sites excluding steroid dienone is 24. The Kier molecular flexibility index (Phi) is 76.3. The maximum absolute atomic E-state index is 13.1. The molecule has 0 aromatic carbocycles. The second-order valence-electron chi connectivity index (χ2n) is 27.7. The maximum atomic E-state index is 13.1. The van der Waals surface area contributed by atoms with E-state index in [0.29, 0.717) is 32.1 Å². The predicted molar refractivity (Wildman–Crippen MR) is 445 cm³/mol. The molecule has 0 aromatic heterocycles. The smallest absolute Gasteiger partial charge is 0.462 e. The minimum atomic E-state index is -5.00. The number of phosphoric acid groups is 2. The van der Waals surface area contributed by atoms with E-state index in [4.69, 9.17) is 37.0 Å². The summed E-state index contributed by atoms with van der Waals surface area (Å²) in [5.74, 6) is -2.26. The third-order valence-corrected chi connectivity index (χ3v) is 19.2. The summed E-state index contributed by atoms with van der Waals surface area (Å²) in [6.07, 6.45) is 92.4. The van der Waals surface area contributed by atoms with E-state index < -0.39 is 97.5 Å². The fraction of sp³-hybridized carbons (Fsp3) is 0.685. The normalized spacial score (nSPS) is 14.5. The van der Waals surface area contributed by atoms with Crippen LogP contribution in [0.1, 0.15) is 336 Å². The van der Waals surface area contributed by atoms with Crippen molar-refractivity contribution in [2.45, 2.75) is 354 Å². The Morgan fingerprint density at radius 2 is 0.491 bits per heavy atom. The number of esters is 4. The van der Waals surface area contributed by atoms with Gasteiger partial charge in [0.2, 0.25) is 0 Å². The molecule has 618 valence electrons. The first-order valence-corrected chi connectivity index (χ1v) is 45.1. The Balaban J connectivity index is 5.42. The van der Waals surface area contributed by atoms with E-state index in [9.17, 15) is 43.2 Å². The molecule has 0 radical (unpaired) electrons. The number of carbonyl (C=O) groups is 4. The summed E-state index contributed by atoms with van der Waals surface area (Å²) >= 11 is 0. The molecule has 0 rings (SSSR count). The summed E-state index contributed by atoms with van der Waals surface area (Å²) in [4.78, 5) is 73.2. The van der Waals surface area contributed by atoms with E-state index >= 15 is 0 Å². The summed E-state index contributed by atoms with van der Waals surface area (Å²) in [5.41, 5.74) is 0. The molecule has 3 N–H and O–H groups in total. The van der Waals surface area contributed by atoms with Gasteiger partial charge in [0.05, 0.1) is 26.4 Å². The lowest BCUT2D eigenvalue weighted by Gasteiger charge is -2.21. The number of phosphoric ester groups is 2. The van der Waals surface area contributed by atoms with E-state index in [1.807, 2.05) is 12.2 Å². The molecule has 0 aromatic rings. The molecular weight excluding hydrogens is 1400 g/mol. The van der Waals surface area contributed by atoms with Crippen molar-refractivity contribution in [1.82, 2.24) is 0 Å². The highest BCUT2D eigenvalue weighted by Crippen LogP contribution is 2.45. The van der Waals surface area contributed by atoms with Gasteiger partial charge in [-0.05, 0) is 141 Å². The molecule has 19 heteroatoms. The Labute approximate surface area is 656 Å². The molecule has 5 atom stereocenters. The summed E-state index contributed by atoms with van der Waals surface area (Å²) in [6, 6.07) is 0. The van der Waals surface area contributed by atoms with Crippen LogP contribution in [0.4, 0.5) is 0 Å². The quantitative estimate of drug-likeness (QED) is 0.0169. The first kappa shape index (κ1) is 103. The number of hydrogen-bond donors (Lipinski definition) is 3. The van der Waals surface area contributed by atoms with Gasteiger partial charge in [-0.25, -0.2) is 9.13 Å². The standard InChI is InChI=1S/C89H150O17P2/c1-5-9-13-17-21-25-29-33-36-39-41-44-46-50-53-57-61-65-69-73-86(91)99-79-84(105-88(93)75-71-67-63-59-55-49-32-28-24-20-16-12-8-4)81-103-107(95,96)101-77-83(90)78-102-108(97,98)104-82-85(106-89(94)76-72-68-64-60-56-52-48-43-38-35-31-27-23-19-15-11-7-3)80-100-87(92)74-70-66-62-58-54-51-47-45-42-40-37-34-30-26-22-18-14-10-6-2/h10-11,14-15,21-23,25-27,33-38,41-42,44-45,48,52,60,64,83-85,90H,5-9,12-13,16-20,24,28-32,39-40,43,46-47,49-51,53-59,61-63,65-82H2,1-4H3,(H,95,96)(H,97,98)/b14-10-,15-11-,25-21-,26-22-,27-23-,36-33-,37-34-,38-35-,44-41-,45-42-,52-48-,64-60-. The molecule has 0 saturated carbocycles. The molecule has 108 heavy (non-hydrogen) atoms. The second-order valence-corrected chi connectivity index (χ2v) is 30.6. The number of aliphatic hydroxyl groups excluding tert-OH is 1. The number of unbranched alkanes of at least 4 members (excludes halogenated alkanes) is 28. The van der Waals surface area contributed by atoms with Crippen molar-refractivity contribution in [3.63, 3.8) is 0 Å². The fourth-order valence-electron chi connectivity index (χ4n) is 11.0. The van der Waals surface area contributed by atoms with Crippen LogP contribution in [-0.2, 0) is 65.4 Å². The molecule has 0 fully saturated rings. The molecule has 17 nitrogen and oxygen atoms in total. The van der Waals surface area contributed by atoms with Crippen LogP contribution >= 0.6 is 15.6 Å². The lowest BCUT2D eigenvalue weighted by molar-refractivity contribution is -0.161. The first-order valence-electron chi connectivity index (χ1n) is 42.1. The highest BCUT2D eigenvalue weighted by atomic mass is 31.2. The van der Waals surface area contributed by atoms with Crippen LogP contribution in [0.2, 0.25) is 0 Å². The number of hydrogen-bond acceptors (Lipinski definition) is 15. The highest BCUT2D eigenvalue weighted by Gasteiger charge is 2.30. The molecule has 0 amide bonds. The van der Waals surface area contributed by atoms with Crippen LogP contribution in [0.5, 0.6) is 0 Å². The topological polar surface area (TPSA) is 237 Å². The molecule has 0 aliphatic carbocycles. The largest absolute Gasteiger partial charge is 0.472 e. The van der Waals surface area contributed by atoms with Crippen LogP contribution in [0.15, 0.2) is 146 Å². The van der Waals surface area contributed by atoms with Crippen LogP contribution < -0.4 is 0 Å². The summed E-state index contributed by atoms with van der Waals surface area (Å²) < 4.78 is 68.7. The van der Waals surface area contributed by atoms with Crippen molar-refractivity contribution in [2.75, 3.05) is 39.6 Å². The zero-order valence-corrected chi connectivity index (χ0v) is 69.5. The lowest BCUT2D eigenvalue weighted by Crippen LogP contribution is -2.30. The summed E-state index contributed by atoms with van der Waals surface area (Å²) in [6.45, 7) is 4.56. The van der Waals surface area contributed by atoms with Crippen molar-refractivity contribution in [3.8, 4) is 0 Å². The monoisotopic (exact) mass is 1550 g/mol. The van der Waals surface area contributed by atoms with Gasteiger partial charge in [0.15, 0.2) is 12.2 Å². The number of rotatable bonds is 78. The molecule has 0 aliphatic heterocycles. The molecule has 0 saturated heterocycles. The van der Waals surface area contributed by atoms with Gasteiger partial charge in [-0.1, -0.05) is 315 Å². The van der Waals surface area contributed by atoms with Crippen molar-refractivity contribution in [1.29, 1.82) is 0 Å². The number of ether oxygens (including phenoxy) is 4. The number of carbonyl (C=O) groups excluding carboxylic acids is 4. The van der Waals surface area contributed by atoms with E-state index in [0.717, 1.165) is 180 Å². The van der Waals surface area contributed by atoms with Crippen molar-refractivity contribution >= 4 is 39.5 Å². The van der Waals surface area contributed by atoms with E-state index in [-0.39, 0.29) is 25.7 Å². The summed E-state index contributed by atoms with van der Waals surface area (Å²) in [7, 11) is -9.99. The predicted octanol–water partition coefficient (Wildman–Crippen LogP) is 25.0. The van der Waals surface area contributed by atoms with Gasteiger partial charge in [-0.2, -0.15) is 0 Å². The second kappa shape index (κ2) is 80.0. The molecule has 0 heterocycles. The summed E-state index contributed by atoms with van der Waals surface area (Å²) in [5, 5.41) is 10.7. The van der Waals surface area contributed by atoms with E-state index in [1.54, 1.807) is 0 Å². The zero-order valence-electron chi connectivity index (χ0n) is 67.7. The minimum Gasteiger partial charge on any atom is -0.462 e. The Morgan fingerprint density at radius 3 is 0.796 bits per heavy atom. The van der Waals surface area contributed by atoms with Crippen LogP contribution in [0.3, 0.4) is 0 Å². The third-order valence-electron chi connectivity index (χ3n) is 17.3. The minimum absolute atomic E-state index is 0.00940. The molecule has 0 aliphatic rings. The van der Waals surface area contributed by atoms with Gasteiger partial charge in [0.1, 0.15) is 19.3 Å². The zero-order chi connectivity index (χ0) is 78.9. The van der Waals surface area contributed by atoms with Crippen LogP contribution in [0, 0.1) is 0 Å². The first-order chi connectivity index (χ1) is 52.7. The Morgan fingerprint density at radius 1 is 0.269 bits per heavy atom. The maximum Gasteiger partial charge on any atom is 0.472 e. The van der Waals surface area contributed by atoms with Gasteiger partial charge >= 0.3 is 39.5 Å². The van der Waals surface area contributed by atoms with Crippen molar-refractivity contribution < 1.29 is 80.2 Å². The van der Waals surface area contributed by atoms with Crippen molar-refractivity contribution in [2.24, 2.45) is 0 Å². The SMILES string of the molecule is CC/C=C\C/C=C\C/C=C\C/C=C\C/C=C\CCCC(=O)OC(COC(=O)CCCCCCCC/C=C\C/C=C\C/C=C\C/C=C\CC)COP(=O)(O)OCC(O)COP(=O)(O)OCC(COC(=O)CCCCCCCC/C=C\C/C=C\C/C=C\CCCCC)OC(=O)CCCCCCCCCCCCCCC. The van der Waals surface area contributed by atoms with E-state index in [1.165, 1.54) is 70.6 Å². The van der Waals surface area contributed by atoms with Gasteiger partial charge in [-0.3, -0.25) is 37.3 Å². The van der Waals surface area contributed by atoms with E-state index in [2.05, 4.69) is 161 Å².